The van der Waals surface area contributed by atoms with Crippen LogP contribution in [0.25, 0.3) is 0 Å². The summed E-state index contributed by atoms with van der Waals surface area (Å²) in [6.45, 7) is 8.40. The smallest absolute Gasteiger partial charge is 0.340 e. The highest BCUT2D eigenvalue weighted by Crippen LogP contribution is 2.68. The maximum absolute atomic E-state index is 14.3. The first-order valence-corrected chi connectivity index (χ1v) is 18.5. The summed E-state index contributed by atoms with van der Waals surface area (Å²) in [5, 5.41) is 0. The largest absolute Gasteiger partial charge is 0.459 e. The summed E-state index contributed by atoms with van der Waals surface area (Å²) < 4.78 is 39.1. The Balaban J connectivity index is 1.46. The second-order valence-electron chi connectivity index (χ2n) is 15.3. The molecule has 0 N–H and O–H groups in total. The van der Waals surface area contributed by atoms with Crippen molar-refractivity contribution in [1.82, 2.24) is 4.98 Å². The highest BCUT2D eigenvalue weighted by atomic mass is 16.6. The van der Waals surface area contributed by atoms with Gasteiger partial charge in [0, 0.05) is 19.3 Å². The molecule has 3 fully saturated rings. The fourth-order valence-corrected chi connectivity index (χ4v) is 9.20. The number of carbonyl (C=O) groups excluding carboxylic acids is 5. The lowest BCUT2D eigenvalue weighted by Gasteiger charge is -2.63. The van der Waals surface area contributed by atoms with E-state index in [-0.39, 0.29) is 28.7 Å². The SMILES string of the molecule is CC(=O)OC1C2C(OC(=O)c3ccccc3)C(OC(=O)c3ccccc3)C3(C)C(OC(=O)c4cccnc4)C(OC(=O)c4ccccc4)CC(C)C13OC2(C)C. The Bertz CT molecular complexity index is 2090. The van der Waals surface area contributed by atoms with Crippen LogP contribution in [0.15, 0.2) is 116 Å². The summed E-state index contributed by atoms with van der Waals surface area (Å²) in [6, 6.07) is 28.0. The Morgan fingerprint density at radius 1 is 0.607 bits per heavy atom. The second kappa shape index (κ2) is 15.0. The van der Waals surface area contributed by atoms with Gasteiger partial charge < -0.3 is 28.4 Å². The summed E-state index contributed by atoms with van der Waals surface area (Å²) in [5.74, 6) is -5.14. The number of fused-ring (bicyclic) bond motifs is 1. The van der Waals surface area contributed by atoms with Gasteiger partial charge in [-0.15, -0.1) is 0 Å². The monoisotopic (exact) mass is 761 g/mol. The van der Waals surface area contributed by atoms with Crippen molar-refractivity contribution in [3.8, 4) is 0 Å². The third-order valence-corrected chi connectivity index (χ3v) is 11.5. The molecule has 0 radical (unpaired) electrons. The molecule has 1 saturated heterocycles. The van der Waals surface area contributed by atoms with Crippen LogP contribution in [0.2, 0.25) is 0 Å². The lowest BCUT2D eigenvalue weighted by atomic mass is 9.47. The van der Waals surface area contributed by atoms with Gasteiger partial charge in [0.05, 0.1) is 39.2 Å². The first-order valence-electron chi connectivity index (χ1n) is 18.5. The summed E-state index contributed by atoms with van der Waals surface area (Å²) in [5.41, 5.74) is -3.75. The van der Waals surface area contributed by atoms with E-state index >= 15 is 0 Å². The van der Waals surface area contributed by atoms with Gasteiger partial charge in [-0.1, -0.05) is 61.5 Å². The molecule has 1 aromatic heterocycles. The molecule has 2 bridgehead atoms. The molecular formula is C44H43NO11. The molecule has 9 unspecified atom stereocenters. The fourth-order valence-electron chi connectivity index (χ4n) is 9.20. The topological polar surface area (TPSA) is 154 Å². The summed E-state index contributed by atoms with van der Waals surface area (Å²) in [6.07, 6.45) is -3.61. The Hall–Kier alpha value is -5.88. The molecule has 1 spiro atoms. The minimum atomic E-state index is -1.75. The first-order chi connectivity index (χ1) is 26.8. The number of benzene rings is 3. The summed E-state index contributed by atoms with van der Waals surface area (Å²) >= 11 is 0. The lowest BCUT2D eigenvalue weighted by molar-refractivity contribution is -0.310. The first kappa shape index (κ1) is 38.4. The number of hydrogen-bond acceptors (Lipinski definition) is 12. The number of carbonyl (C=O) groups is 5. The molecule has 2 aliphatic carbocycles. The number of esters is 5. The average Bonchev–Trinajstić information content (AvgIpc) is 3.40. The maximum Gasteiger partial charge on any atom is 0.340 e. The number of pyridine rings is 1. The molecule has 2 saturated carbocycles. The van der Waals surface area contributed by atoms with Gasteiger partial charge in [-0.2, -0.15) is 0 Å². The minimum absolute atomic E-state index is 0.0769. The molecule has 3 aromatic carbocycles. The molecule has 4 aromatic rings. The second-order valence-corrected chi connectivity index (χ2v) is 15.3. The van der Waals surface area contributed by atoms with E-state index in [9.17, 15) is 24.0 Å². The molecule has 12 heteroatoms. The Morgan fingerprint density at radius 3 is 1.61 bits per heavy atom. The fraction of sp³-hybridized carbons (Fsp3) is 0.364. The Morgan fingerprint density at radius 2 is 1.09 bits per heavy atom. The zero-order chi connectivity index (χ0) is 39.8. The van der Waals surface area contributed by atoms with Crippen molar-refractivity contribution in [3.05, 3.63) is 138 Å². The molecule has 1 aliphatic heterocycles. The van der Waals surface area contributed by atoms with Crippen molar-refractivity contribution in [3.63, 3.8) is 0 Å². The molecular weight excluding hydrogens is 718 g/mol. The van der Waals surface area contributed by atoms with Crippen molar-refractivity contribution in [2.24, 2.45) is 17.3 Å². The number of ether oxygens (including phenoxy) is 6. The van der Waals surface area contributed by atoms with Gasteiger partial charge in [0.15, 0.2) is 12.2 Å². The van der Waals surface area contributed by atoms with Crippen LogP contribution < -0.4 is 0 Å². The van der Waals surface area contributed by atoms with Crippen molar-refractivity contribution >= 4 is 29.8 Å². The molecule has 3 aliphatic rings. The van der Waals surface area contributed by atoms with Crippen molar-refractivity contribution in [2.75, 3.05) is 0 Å². The number of rotatable bonds is 9. The standard InChI is InChI=1S/C44H43NO11/c1-26-24-32(52-38(47)28-16-9-6-10-17-28)35(54-41(50)31-22-15-23-45-25-31)43(5)37(55-40(49)30-20-13-8-14-21-30)34(53-39(48)29-18-11-7-12-19-29)33-36(51-27(2)46)44(26,43)56-42(33,3)4/h6-23,25-26,32-37H,24H2,1-5H3. The van der Waals surface area contributed by atoms with Gasteiger partial charge in [0.1, 0.15) is 23.9 Å². The maximum atomic E-state index is 14.3. The van der Waals surface area contributed by atoms with E-state index in [0.717, 1.165) is 0 Å². The molecule has 56 heavy (non-hydrogen) atoms. The van der Waals surface area contributed by atoms with Crippen LogP contribution in [-0.4, -0.2) is 76.6 Å². The van der Waals surface area contributed by atoms with Crippen molar-refractivity contribution in [2.45, 2.75) is 82.8 Å². The number of nitrogens with zero attached hydrogens (tertiary/aromatic N) is 1. The molecule has 9 atom stereocenters. The normalized spacial score (nSPS) is 29.8. The van der Waals surface area contributed by atoms with Gasteiger partial charge in [-0.3, -0.25) is 9.78 Å². The molecule has 290 valence electrons. The van der Waals surface area contributed by atoms with Gasteiger partial charge >= 0.3 is 29.8 Å². The van der Waals surface area contributed by atoms with E-state index < -0.39 is 88.8 Å². The molecule has 0 amide bonds. The van der Waals surface area contributed by atoms with E-state index in [1.165, 1.54) is 25.4 Å². The van der Waals surface area contributed by atoms with E-state index in [1.807, 2.05) is 6.92 Å². The van der Waals surface area contributed by atoms with Gasteiger partial charge in [-0.05, 0) is 81.6 Å². The van der Waals surface area contributed by atoms with Gasteiger partial charge in [0.2, 0.25) is 0 Å². The summed E-state index contributed by atoms with van der Waals surface area (Å²) in [4.78, 5) is 73.6. The Kier molecular flexibility index (Phi) is 10.3. The molecule has 2 heterocycles. The number of hydrogen-bond donors (Lipinski definition) is 0. The zero-order valence-electron chi connectivity index (χ0n) is 31.7. The van der Waals surface area contributed by atoms with Crippen LogP contribution in [0.4, 0.5) is 0 Å². The predicted octanol–water partition coefficient (Wildman–Crippen LogP) is 6.44. The summed E-state index contributed by atoms with van der Waals surface area (Å²) in [7, 11) is 0. The van der Waals surface area contributed by atoms with Crippen LogP contribution >= 0.6 is 0 Å². The van der Waals surface area contributed by atoms with Crippen LogP contribution in [0.1, 0.15) is 82.5 Å². The highest BCUT2D eigenvalue weighted by molar-refractivity contribution is 5.91. The number of aromatic nitrogens is 1. The van der Waals surface area contributed by atoms with Crippen molar-refractivity contribution < 1.29 is 52.4 Å². The third kappa shape index (κ3) is 6.61. The highest BCUT2D eigenvalue weighted by Gasteiger charge is 2.84. The van der Waals surface area contributed by atoms with E-state index in [1.54, 1.807) is 118 Å². The predicted molar refractivity (Wildman–Crippen MR) is 199 cm³/mol. The molecule has 12 nitrogen and oxygen atoms in total. The van der Waals surface area contributed by atoms with Crippen LogP contribution in [0.3, 0.4) is 0 Å². The molecule has 7 rings (SSSR count). The van der Waals surface area contributed by atoms with Crippen LogP contribution in [-0.2, 0) is 33.2 Å². The third-order valence-electron chi connectivity index (χ3n) is 11.5. The minimum Gasteiger partial charge on any atom is -0.459 e. The van der Waals surface area contributed by atoms with E-state index in [2.05, 4.69) is 4.98 Å². The average molecular weight is 762 g/mol. The van der Waals surface area contributed by atoms with Gasteiger partial charge in [0.25, 0.3) is 0 Å². The Labute approximate surface area is 324 Å². The van der Waals surface area contributed by atoms with Crippen LogP contribution in [0, 0.1) is 17.3 Å². The van der Waals surface area contributed by atoms with E-state index in [0.29, 0.717) is 0 Å². The van der Waals surface area contributed by atoms with Gasteiger partial charge in [-0.25, -0.2) is 19.2 Å². The zero-order valence-corrected chi connectivity index (χ0v) is 31.7. The van der Waals surface area contributed by atoms with Crippen molar-refractivity contribution in [1.29, 1.82) is 0 Å². The van der Waals surface area contributed by atoms with E-state index in [4.69, 9.17) is 28.4 Å². The van der Waals surface area contributed by atoms with Crippen LogP contribution in [0.5, 0.6) is 0 Å². The lowest BCUT2D eigenvalue weighted by Crippen LogP contribution is -2.79. The quantitative estimate of drug-likeness (QED) is 0.136.